The van der Waals surface area contributed by atoms with Crippen LogP contribution in [0.25, 0.3) is 0 Å². The first-order chi connectivity index (χ1) is 5.47. The van der Waals surface area contributed by atoms with Crippen LogP contribution in [0.3, 0.4) is 0 Å². The molecule has 0 N–H and O–H groups in total. The lowest BCUT2D eigenvalue weighted by atomic mass is 9.90. The molecule has 0 unspecified atom stereocenters. The van der Waals surface area contributed by atoms with Gasteiger partial charge in [0.15, 0.2) is 0 Å². The summed E-state index contributed by atoms with van der Waals surface area (Å²) in [5.74, 6) is 1.43. The predicted molar refractivity (Wildman–Crippen MR) is 48.1 cm³/mol. The fraction of sp³-hybridized carbons (Fsp3) is 0.364. The van der Waals surface area contributed by atoms with E-state index in [1.54, 1.807) is 5.57 Å². The largest absolute Gasteiger partial charge is 0.0841 e. The van der Waals surface area contributed by atoms with Crippen molar-refractivity contribution in [1.29, 1.82) is 0 Å². The van der Waals surface area contributed by atoms with Crippen molar-refractivity contribution in [2.24, 2.45) is 0 Å². The summed E-state index contributed by atoms with van der Waals surface area (Å²) in [4.78, 5) is 0. The van der Waals surface area contributed by atoms with Crippen molar-refractivity contribution >= 4 is 0 Å². The van der Waals surface area contributed by atoms with Crippen molar-refractivity contribution in [3.8, 4) is 0 Å². The highest BCUT2D eigenvalue weighted by atomic mass is 14.2. The minimum Gasteiger partial charge on any atom is -0.0841 e. The molecule has 0 amide bonds. The summed E-state index contributed by atoms with van der Waals surface area (Å²) in [6.07, 6.45) is 16.3. The second kappa shape index (κ2) is 3.08. The van der Waals surface area contributed by atoms with E-state index in [-0.39, 0.29) is 0 Å². The molecule has 0 aromatic carbocycles. The molecule has 2 aliphatic rings. The summed E-state index contributed by atoms with van der Waals surface area (Å²) in [6.45, 7) is 0. The van der Waals surface area contributed by atoms with Gasteiger partial charge in [-0.3, -0.25) is 0 Å². The van der Waals surface area contributed by atoms with Crippen LogP contribution >= 0.6 is 0 Å². The van der Waals surface area contributed by atoms with Crippen LogP contribution in [0.4, 0.5) is 0 Å². The minimum atomic E-state index is 1.28. The maximum absolute atomic E-state index is 2.39. The summed E-state index contributed by atoms with van der Waals surface area (Å²) in [7, 11) is 0. The van der Waals surface area contributed by atoms with Gasteiger partial charge in [0.05, 0.1) is 0 Å². The average Bonchev–Trinajstić information content (AvgIpc) is 2.58. The van der Waals surface area contributed by atoms with Gasteiger partial charge in [0, 0.05) is 5.92 Å². The Morgan fingerprint density at radius 2 is 1.82 bits per heavy atom. The van der Waals surface area contributed by atoms with E-state index in [9.17, 15) is 0 Å². The highest BCUT2D eigenvalue weighted by Crippen LogP contribution is 2.29. The van der Waals surface area contributed by atoms with Crippen LogP contribution in [0.2, 0.25) is 0 Å². The van der Waals surface area contributed by atoms with E-state index in [0.29, 0.717) is 0 Å². The molecule has 0 aliphatic heterocycles. The first kappa shape index (κ1) is 6.90. The van der Waals surface area contributed by atoms with Gasteiger partial charge in [-0.15, -0.1) is 0 Å². The Morgan fingerprint density at radius 1 is 1.00 bits per heavy atom. The van der Waals surface area contributed by atoms with E-state index in [2.05, 4.69) is 30.4 Å². The molecule has 0 bridgehead atoms. The molecule has 0 aromatic heterocycles. The normalized spacial score (nSPS) is 24.2. The fourth-order valence-electron chi connectivity index (χ4n) is 1.69. The van der Waals surface area contributed by atoms with Crippen LogP contribution in [-0.2, 0) is 0 Å². The molecule has 2 rings (SSSR count). The van der Waals surface area contributed by atoms with Crippen LogP contribution < -0.4 is 0 Å². The lowest BCUT2D eigenvalue weighted by Crippen LogP contribution is -1.97. The van der Waals surface area contributed by atoms with Gasteiger partial charge in [0.2, 0.25) is 0 Å². The zero-order valence-electron chi connectivity index (χ0n) is 6.72. The maximum Gasteiger partial charge on any atom is 0.0441 e. The molecule has 0 saturated carbocycles. The quantitative estimate of drug-likeness (QED) is 0.531. The van der Waals surface area contributed by atoms with E-state index in [1.165, 1.54) is 31.6 Å². The van der Waals surface area contributed by atoms with Crippen molar-refractivity contribution in [2.75, 3.05) is 0 Å². The second-order valence-electron chi connectivity index (χ2n) is 3.15. The van der Waals surface area contributed by atoms with E-state index < -0.39 is 0 Å². The lowest BCUT2D eigenvalue weighted by molar-refractivity contribution is 0.701. The Labute approximate surface area is 68.3 Å². The monoisotopic (exact) mass is 145 g/mol. The van der Waals surface area contributed by atoms with E-state index >= 15 is 0 Å². The molecular formula is C11H13. The van der Waals surface area contributed by atoms with Gasteiger partial charge >= 0.3 is 0 Å². The topological polar surface area (TPSA) is 0 Å². The molecule has 0 atom stereocenters. The predicted octanol–water partition coefficient (Wildman–Crippen LogP) is 3.19. The number of rotatable bonds is 1. The Bertz CT molecular complexity index is 206. The summed E-state index contributed by atoms with van der Waals surface area (Å²) in [5.41, 5.74) is 1.56. The summed E-state index contributed by atoms with van der Waals surface area (Å²) in [5, 5.41) is 0. The number of allylic oxidation sites excluding steroid dienone is 6. The van der Waals surface area contributed by atoms with Gasteiger partial charge in [0.25, 0.3) is 0 Å². The molecule has 0 aromatic rings. The highest BCUT2D eigenvalue weighted by Gasteiger charge is 2.12. The second-order valence-corrected chi connectivity index (χ2v) is 3.15. The zero-order chi connectivity index (χ0) is 7.52. The molecule has 11 heavy (non-hydrogen) atoms. The number of hydrogen-bond donors (Lipinski definition) is 0. The van der Waals surface area contributed by atoms with Gasteiger partial charge < -0.3 is 0 Å². The van der Waals surface area contributed by atoms with Crippen LogP contribution in [0.1, 0.15) is 25.7 Å². The third-order valence-electron chi connectivity index (χ3n) is 2.32. The van der Waals surface area contributed by atoms with Crippen molar-refractivity contribution in [3.05, 3.63) is 41.9 Å². The van der Waals surface area contributed by atoms with Gasteiger partial charge in [-0.1, -0.05) is 36.0 Å². The third kappa shape index (κ3) is 1.45. The van der Waals surface area contributed by atoms with Crippen molar-refractivity contribution < 1.29 is 0 Å². The summed E-state index contributed by atoms with van der Waals surface area (Å²) in [6, 6.07) is 0. The molecule has 57 valence electrons. The van der Waals surface area contributed by atoms with Gasteiger partial charge in [-0.05, 0) is 25.7 Å². The summed E-state index contributed by atoms with van der Waals surface area (Å²) < 4.78 is 0. The van der Waals surface area contributed by atoms with Crippen molar-refractivity contribution in [1.82, 2.24) is 0 Å². The lowest BCUT2D eigenvalue weighted by Gasteiger charge is -2.15. The molecule has 1 radical (unpaired) electrons. The molecule has 0 saturated heterocycles. The SMILES string of the molecule is C1=C[C](C2=CCCCC2)C=C1. The molecule has 0 heterocycles. The maximum atomic E-state index is 2.39. The highest BCUT2D eigenvalue weighted by molar-refractivity contribution is 5.47. The van der Waals surface area contributed by atoms with E-state index in [0.717, 1.165) is 0 Å². The Kier molecular flexibility index (Phi) is 1.93. The van der Waals surface area contributed by atoms with E-state index in [4.69, 9.17) is 0 Å². The van der Waals surface area contributed by atoms with Gasteiger partial charge in [-0.2, -0.15) is 0 Å². The Morgan fingerprint density at radius 3 is 2.45 bits per heavy atom. The van der Waals surface area contributed by atoms with Crippen LogP contribution in [0.15, 0.2) is 36.0 Å². The molecule has 2 aliphatic carbocycles. The standard InChI is InChI=1S/C11H13/c1-2-6-10(7-3-1)11-8-4-5-9-11/h4-6,8-9H,1-3,7H2. The molecular weight excluding hydrogens is 132 g/mol. The minimum absolute atomic E-state index is 1.28. The molecule has 0 fully saturated rings. The van der Waals surface area contributed by atoms with E-state index in [1.807, 2.05) is 0 Å². The van der Waals surface area contributed by atoms with Crippen molar-refractivity contribution in [3.63, 3.8) is 0 Å². The van der Waals surface area contributed by atoms with Crippen LogP contribution in [0, 0.1) is 5.92 Å². The van der Waals surface area contributed by atoms with Crippen molar-refractivity contribution in [2.45, 2.75) is 25.7 Å². The summed E-state index contributed by atoms with van der Waals surface area (Å²) >= 11 is 0. The van der Waals surface area contributed by atoms with Crippen LogP contribution in [0.5, 0.6) is 0 Å². The van der Waals surface area contributed by atoms with Crippen LogP contribution in [-0.4, -0.2) is 0 Å². The number of hydrogen-bond acceptors (Lipinski definition) is 0. The third-order valence-corrected chi connectivity index (χ3v) is 2.32. The molecule has 0 heteroatoms. The molecule has 0 nitrogen and oxygen atoms in total. The average molecular weight is 145 g/mol. The zero-order valence-corrected chi connectivity index (χ0v) is 6.72. The van der Waals surface area contributed by atoms with Gasteiger partial charge in [0.1, 0.15) is 0 Å². The Hall–Kier alpha value is -0.780. The smallest absolute Gasteiger partial charge is 0.0441 e. The first-order valence-electron chi connectivity index (χ1n) is 4.38. The first-order valence-corrected chi connectivity index (χ1v) is 4.38. The van der Waals surface area contributed by atoms with Gasteiger partial charge in [-0.25, -0.2) is 0 Å². The molecule has 0 spiro atoms. The fourth-order valence-corrected chi connectivity index (χ4v) is 1.69. The Balaban J connectivity index is 2.08.